The van der Waals surface area contributed by atoms with Crippen LogP contribution >= 0.6 is 27.5 Å². The quantitative estimate of drug-likeness (QED) is 0.0868. The topological polar surface area (TPSA) is 188 Å². The van der Waals surface area contributed by atoms with Crippen LogP contribution in [0.2, 0.25) is 5.02 Å². The third-order valence-electron chi connectivity index (χ3n) is 21.0. The van der Waals surface area contributed by atoms with E-state index in [4.69, 9.17) is 45.8 Å². The van der Waals surface area contributed by atoms with Gasteiger partial charge in [-0.15, -0.1) is 0 Å². The summed E-state index contributed by atoms with van der Waals surface area (Å²) in [7, 11) is -1.79. The van der Waals surface area contributed by atoms with E-state index in [1.54, 1.807) is 0 Å². The van der Waals surface area contributed by atoms with Gasteiger partial charge >= 0.3 is 14.2 Å². The van der Waals surface area contributed by atoms with Crippen LogP contribution in [-0.2, 0) is 9.31 Å². The molecule has 118 heavy (non-hydrogen) atoms. The van der Waals surface area contributed by atoms with Crippen molar-refractivity contribution in [2.45, 2.75) is 66.6 Å². The van der Waals surface area contributed by atoms with Crippen molar-refractivity contribution in [1.29, 1.82) is 0 Å². The first-order valence-electron chi connectivity index (χ1n) is 38.9. The maximum atomic E-state index is 9.58. The van der Waals surface area contributed by atoms with Crippen molar-refractivity contribution < 1.29 is 19.4 Å². The Balaban J connectivity index is 0.000000131. The highest BCUT2D eigenvalue weighted by molar-refractivity contribution is 9.10. The van der Waals surface area contributed by atoms with Gasteiger partial charge in [0.25, 0.3) is 0 Å². The number of hydrogen-bond donors (Lipinski definition) is 2. The first kappa shape index (κ1) is 78.9. The second kappa shape index (κ2) is 34.5. The Hall–Kier alpha value is -13.0. The molecule has 574 valence electrons. The van der Waals surface area contributed by atoms with Crippen LogP contribution in [-0.4, -0.2) is 85.3 Å². The lowest BCUT2D eigenvalue weighted by Crippen LogP contribution is -2.41. The molecular weight excluding hydrogens is 1540 g/mol. The summed E-state index contributed by atoms with van der Waals surface area (Å²) in [6.45, 7) is 16.2. The number of halogens is 2. The van der Waals surface area contributed by atoms with Gasteiger partial charge in [-0.3, -0.25) is 0 Å². The van der Waals surface area contributed by atoms with E-state index in [2.05, 4.69) is 172 Å². The van der Waals surface area contributed by atoms with Gasteiger partial charge in [0.1, 0.15) is 0 Å². The molecule has 1 saturated heterocycles. The average Bonchev–Trinajstić information content (AvgIpc) is 0.880. The van der Waals surface area contributed by atoms with E-state index >= 15 is 0 Å². The highest BCUT2D eigenvalue weighted by Crippen LogP contribution is 2.42. The number of aryl methyl sites for hydroxylation is 4. The van der Waals surface area contributed by atoms with Crippen LogP contribution < -0.4 is 10.9 Å². The second-order valence-corrected chi connectivity index (χ2v) is 31.4. The number of aromatic nitrogens is 10. The molecular formula is C100H80B2BrClN10O4. The molecule has 1 aliphatic rings. The fourth-order valence-corrected chi connectivity index (χ4v) is 15.4. The maximum absolute atomic E-state index is 9.58. The predicted octanol–water partition coefficient (Wildman–Crippen LogP) is 22.6. The molecule has 1 fully saturated rings. The van der Waals surface area contributed by atoms with Crippen molar-refractivity contribution in [3.63, 3.8) is 0 Å². The minimum atomic E-state index is -1.45. The van der Waals surface area contributed by atoms with Crippen molar-refractivity contribution in [3.05, 3.63) is 360 Å². The summed E-state index contributed by atoms with van der Waals surface area (Å²) in [4.78, 5) is 47.7. The third-order valence-corrected chi connectivity index (χ3v) is 21.7. The fraction of sp³-hybridized carbons (Fsp3) is 0.100. The van der Waals surface area contributed by atoms with Crippen LogP contribution in [0.4, 0.5) is 0 Å². The molecule has 0 spiro atoms. The maximum Gasteiger partial charge on any atom is 0.494 e. The van der Waals surface area contributed by atoms with Crippen molar-refractivity contribution in [1.82, 2.24) is 49.8 Å². The Morgan fingerprint density at radius 2 is 0.576 bits per heavy atom. The minimum absolute atomic E-state index is 0.326. The molecule has 14 nitrogen and oxygen atoms in total. The van der Waals surface area contributed by atoms with Gasteiger partial charge < -0.3 is 19.4 Å². The van der Waals surface area contributed by atoms with E-state index in [-0.39, 0.29) is 18.3 Å². The molecule has 0 saturated carbocycles. The lowest BCUT2D eigenvalue weighted by molar-refractivity contribution is 0.00578. The van der Waals surface area contributed by atoms with Crippen LogP contribution in [0.25, 0.3) is 156 Å². The number of nitrogens with zero attached hydrogens (tertiary/aromatic N) is 10. The summed E-state index contributed by atoms with van der Waals surface area (Å²) >= 11 is 9.69. The zero-order valence-electron chi connectivity index (χ0n) is 66.3. The van der Waals surface area contributed by atoms with Gasteiger partial charge in [-0.05, 0) is 192 Å². The Morgan fingerprint density at radius 3 is 0.949 bits per heavy atom. The molecule has 2 N–H and O–H groups in total. The van der Waals surface area contributed by atoms with Crippen molar-refractivity contribution in [2.75, 3.05) is 0 Å². The molecule has 1 aliphatic heterocycles. The Bertz CT molecular complexity index is 6400. The van der Waals surface area contributed by atoms with Crippen LogP contribution in [0.1, 0.15) is 50.5 Å². The van der Waals surface area contributed by atoms with Gasteiger partial charge in [0.2, 0.25) is 0 Å². The molecule has 0 bridgehead atoms. The standard InChI is InChI=1S/C47H33N5.C21H13BrClN3.C18H23BN2O2.C14H11BO2/c1-30-25-31(2)49-44(48-30)35-23-21-32(22-24-35)38-27-39(43-41-19-11-9-17-36(41)26-37-18-10-12-20-42(37)43)29-40(28-38)47-51-45(33-13-5-3-6-14-33)50-46(52-47)34-15-7-4-8-16-34;22-17-11-16(12-18(23)13-17)21-25-19(14-7-3-1-4-8-14)24-20(26-21)15-9-5-2-6-10-15;1-12-11-13(2)21-16(20-12)14-7-9-15(10-8-14)19-22-17(3,4)18(5,6)23-19;16-15(17)14-12-7-3-1-5-10(12)9-11-6-2-4-8-13(11)14/h3-29H,1-2H3;1-13H;7-11H,1-6H3;1-9,16-17H. The first-order valence-corrected chi connectivity index (χ1v) is 40.1. The third kappa shape index (κ3) is 17.7. The lowest BCUT2D eigenvalue weighted by atomic mass is 9.74. The monoisotopic (exact) mass is 1620 g/mol. The molecule has 0 unspecified atom stereocenters. The molecule has 0 aliphatic carbocycles. The number of fused-ring (bicyclic) bond motifs is 4. The molecule has 0 radical (unpaired) electrons. The number of benzene rings is 14. The van der Waals surface area contributed by atoms with E-state index in [0.29, 0.717) is 45.4 Å². The van der Waals surface area contributed by atoms with Gasteiger partial charge in [0.15, 0.2) is 46.6 Å². The summed E-state index contributed by atoms with van der Waals surface area (Å²) in [6, 6.07) is 110. The normalized spacial score (nSPS) is 12.6. The Kier molecular flexibility index (Phi) is 23.0. The molecule has 18 aromatic rings. The van der Waals surface area contributed by atoms with E-state index in [1.165, 1.54) is 27.1 Å². The molecule has 5 heterocycles. The van der Waals surface area contributed by atoms with Gasteiger partial charge in [-0.25, -0.2) is 49.8 Å². The summed E-state index contributed by atoms with van der Waals surface area (Å²) in [5.41, 5.74) is 16.6. The molecule has 14 aromatic carbocycles. The molecule has 0 amide bonds. The highest BCUT2D eigenvalue weighted by atomic mass is 79.9. The number of hydrogen-bond acceptors (Lipinski definition) is 14. The van der Waals surface area contributed by atoms with E-state index in [1.807, 2.05) is 252 Å². The van der Waals surface area contributed by atoms with Gasteiger partial charge in [-0.1, -0.05) is 294 Å². The predicted molar refractivity (Wildman–Crippen MR) is 485 cm³/mol. The van der Waals surface area contributed by atoms with E-state index in [0.717, 1.165) is 127 Å². The van der Waals surface area contributed by atoms with Crippen molar-refractivity contribution in [2.24, 2.45) is 0 Å². The highest BCUT2D eigenvalue weighted by Gasteiger charge is 2.51. The Morgan fingerprint density at radius 1 is 0.288 bits per heavy atom. The average molecular weight is 1620 g/mol. The van der Waals surface area contributed by atoms with Crippen LogP contribution in [0.3, 0.4) is 0 Å². The smallest absolute Gasteiger partial charge is 0.423 e. The largest absolute Gasteiger partial charge is 0.494 e. The van der Waals surface area contributed by atoms with Crippen LogP contribution in [0.15, 0.2) is 332 Å². The van der Waals surface area contributed by atoms with E-state index in [9.17, 15) is 10.0 Å². The summed E-state index contributed by atoms with van der Waals surface area (Å²) in [6.07, 6.45) is 0. The zero-order chi connectivity index (χ0) is 81.6. The summed E-state index contributed by atoms with van der Waals surface area (Å²) in [5.74, 6) is 5.20. The Labute approximate surface area is 700 Å². The second-order valence-electron chi connectivity index (χ2n) is 30.1. The molecule has 4 aromatic heterocycles. The molecule has 19 rings (SSSR count). The summed E-state index contributed by atoms with van der Waals surface area (Å²) < 4.78 is 13.0. The van der Waals surface area contributed by atoms with Crippen LogP contribution in [0.5, 0.6) is 0 Å². The SMILES string of the molecule is Cc1cc(C)nc(-c2ccc(-c3cc(-c4nc(-c5ccccc5)nc(-c5ccccc5)n4)cc(-c4c5ccccc5cc5ccccc45)c3)cc2)n1.Cc1cc(C)nc(-c2ccc(B3OC(C)(C)C(C)(C)O3)cc2)n1.Clc1cc(Br)cc(-c2nc(-c3ccccc3)nc(-c3ccccc3)n2)c1.OB(O)c1c2ccccc2cc2ccccc12. The summed E-state index contributed by atoms with van der Waals surface area (Å²) in [5, 5.41) is 28.4. The molecule has 18 heteroatoms. The number of rotatable bonds is 12. The van der Waals surface area contributed by atoms with Gasteiger partial charge in [0, 0.05) is 76.8 Å². The first-order chi connectivity index (χ1) is 57.2. The fourth-order valence-electron chi connectivity index (χ4n) is 14.6. The van der Waals surface area contributed by atoms with Crippen molar-refractivity contribution in [3.8, 4) is 113 Å². The van der Waals surface area contributed by atoms with Crippen LogP contribution in [0, 0.1) is 27.7 Å². The lowest BCUT2D eigenvalue weighted by Gasteiger charge is -2.32. The van der Waals surface area contributed by atoms with Gasteiger partial charge in [-0.2, -0.15) is 0 Å². The zero-order valence-corrected chi connectivity index (χ0v) is 68.6. The molecule has 0 atom stereocenters. The van der Waals surface area contributed by atoms with E-state index < -0.39 is 7.12 Å². The van der Waals surface area contributed by atoms with Gasteiger partial charge in [0.05, 0.1) is 11.2 Å². The minimum Gasteiger partial charge on any atom is -0.423 e. The van der Waals surface area contributed by atoms with Crippen molar-refractivity contribution >= 4 is 95.8 Å².